The molecule has 0 bridgehead atoms. The number of carbonyl (C=O) groups excluding carboxylic acids is 1. The van der Waals surface area contributed by atoms with E-state index in [2.05, 4.69) is 12.6 Å². The Labute approximate surface area is 89.1 Å². The zero-order chi connectivity index (χ0) is 10.7. The van der Waals surface area contributed by atoms with Crippen LogP contribution < -0.4 is 0 Å². The largest absolute Gasteiger partial charge is 0.299 e. The third-order valence-electron chi connectivity index (χ3n) is 2.48. The highest BCUT2D eigenvalue weighted by Crippen LogP contribution is 2.20. The van der Waals surface area contributed by atoms with Gasteiger partial charge in [-0.2, -0.15) is 12.6 Å². The summed E-state index contributed by atoms with van der Waals surface area (Å²) in [5, 5.41) is 15.2. The zero-order valence-electron chi connectivity index (χ0n) is 8.21. The van der Waals surface area contributed by atoms with Crippen molar-refractivity contribution in [3.05, 3.63) is 0 Å². The van der Waals surface area contributed by atoms with E-state index in [4.69, 9.17) is 10.8 Å². The Morgan fingerprint density at radius 1 is 1.43 bits per heavy atom. The van der Waals surface area contributed by atoms with Gasteiger partial charge in [0.1, 0.15) is 11.5 Å². The molecule has 0 aromatic carbocycles. The molecular formula is C9H15N3OS. The van der Waals surface area contributed by atoms with E-state index >= 15 is 0 Å². The average Bonchev–Trinajstić information content (AvgIpc) is 2.35. The molecule has 78 valence electrons. The molecule has 14 heavy (non-hydrogen) atoms. The molecule has 0 saturated carbocycles. The number of hydrogen-bond donors (Lipinski definition) is 3. The number of rotatable bonds is 4. The van der Waals surface area contributed by atoms with Crippen molar-refractivity contribution < 1.29 is 4.79 Å². The molecule has 1 heterocycles. The molecule has 1 amide bonds. The van der Waals surface area contributed by atoms with Crippen molar-refractivity contribution in [1.29, 1.82) is 10.8 Å². The van der Waals surface area contributed by atoms with Crippen LogP contribution in [0.25, 0.3) is 0 Å². The fourth-order valence-electron chi connectivity index (χ4n) is 1.55. The molecule has 4 nitrogen and oxygen atoms in total. The van der Waals surface area contributed by atoms with E-state index in [-0.39, 0.29) is 23.4 Å². The second kappa shape index (κ2) is 4.59. The summed E-state index contributed by atoms with van der Waals surface area (Å²) < 4.78 is 0. The summed E-state index contributed by atoms with van der Waals surface area (Å²) >= 11 is 4.09. The highest BCUT2D eigenvalue weighted by Gasteiger charge is 2.37. The van der Waals surface area contributed by atoms with Gasteiger partial charge in [0, 0.05) is 7.05 Å². The summed E-state index contributed by atoms with van der Waals surface area (Å²) in [5.41, 5.74) is 0.0664. The van der Waals surface area contributed by atoms with E-state index in [9.17, 15) is 4.79 Å². The maximum Gasteiger partial charge on any atom is 0.273 e. The standard InChI is InChI=1S/C9H15N3OS/c1-12-8(11)6(4-2-3-5-14)7(10)9(12)13/h6,10-11,14H,2-5H2,1H3. The van der Waals surface area contributed by atoms with Crippen LogP contribution in [0.1, 0.15) is 19.3 Å². The van der Waals surface area contributed by atoms with Gasteiger partial charge < -0.3 is 0 Å². The third-order valence-corrected chi connectivity index (χ3v) is 2.79. The Morgan fingerprint density at radius 2 is 2.07 bits per heavy atom. The molecule has 1 saturated heterocycles. The van der Waals surface area contributed by atoms with Crippen LogP contribution in [0.3, 0.4) is 0 Å². The van der Waals surface area contributed by atoms with Gasteiger partial charge in [-0.25, -0.2) is 0 Å². The molecule has 1 fully saturated rings. The van der Waals surface area contributed by atoms with Crippen molar-refractivity contribution in [3.63, 3.8) is 0 Å². The van der Waals surface area contributed by atoms with Gasteiger partial charge in [0.25, 0.3) is 5.91 Å². The maximum absolute atomic E-state index is 11.3. The Kier molecular flexibility index (Phi) is 3.69. The van der Waals surface area contributed by atoms with Crippen molar-refractivity contribution in [1.82, 2.24) is 4.90 Å². The number of unbranched alkanes of at least 4 members (excludes halogenated alkanes) is 1. The van der Waals surface area contributed by atoms with Crippen molar-refractivity contribution >= 4 is 30.1 Å². The number of likely N-dealkylation sites (tertiary alicyclic amines) is 1. The van der Waals surface area contributed by atoms with Crippen molar-refractivity contribution in [2.24, 2.45) is 5.92 Å². The number of amides is 1. The number of hydrogen-bond acceptors (Lipinski definition) is 4. The Hall–Kier alpha value is -0.840. The zero-order valence-corrected chi connectivity index (χ0v) is 9.10. The van der Waals surface area contributed by atoms with Crippen molar-refractivity contribution in [2.75, 3.05) is 12.8 Å². The number of carbonyl (C=O) groups is 1. The number of thiol groups is 1. The maximum atomic E-state index is 11.3. The van der Waals surface area contributed by atoms with Gasteiger partial charge in [0.05, 0.1) is 5.92 Å². The number of amidine groups is 1. The first-order chi connectivity index (χ1) is 6.59. The van der Waals surface area contributed by atoms with Crippen LogP contribution in [0.4, 0.5) is 0 Å². The predicted molar refractivity (Wildman–Crippen MR) is 59.4 cm³/mol. The van der Waals surface area contributed by atoms with Crippen molar-refractivity contribution in [2.45, 2.75) is 19.3 Å². The lowest BCUT2D eigenvalue weighted by molar-refractivity contribution is -0.119. The van der Waals surface area contributed by atoms with Crippen LogP contribution in [0.5, 0.6) is 0 Å². The normalized spacial score (nSPS) is 22.3. The second-order valence-electron chi connectivity index (χ2n) is 3.44. The van der Waals surface area contributed by atoms with E-state index in [0.29, 0.717) is 6.42 Å². The summed E-state index contributed by atoms with van der Waals surface area (Å²) in [7, 11) is 1.55. The van der Waals surface area contributed by atoms with Gasteiger partial charge >= 0.3 is 0 Å². The van der Waals surface area contributed by atoms with Crippen LogP contribution in [0, 0.1) is 16.7 Å². The Balaban J connectivity index is 2.57. The minimum Gasteiger partial charge on any atom is -0.299 e. The van der Waals surface area contributed by atoms with E-state index < -0.39 is 0 Å². The smallest absolute Gasteiger partial charge is 0.273 e. The average molecular weight is 213 g/mol. The third kappa shape index (κ3) is 1.97. The molecule has 0 aliphatic carbocycles. The molecular weight excluding hydrogens is 198 g/mol. The molecule has 0 spiro atoms. The van der Waals surface area contributed by atoms with Crippen LogP contribution in [-0.2, 0) is 4.79 Å². The SMILES string of the molecule is CN1C(=N)C(CCCCS)C(=N)C1=O. The molecule has 2 N–H and O–H groups in total. The molecule has 1 unspecified atom stereocenters. The molecule has 1 rings (SSSR count). The first kappa shape index (κ1) is 11.2. The summed E-state index contributed by atoms with van der Waals surface area (Å²) in [4.78, 5) is 12.6. The van der Waals surface area contributed by atoms with E-state index in [1.165, 1.54) is 4.90 Å². The van der Waals surface area contributed by atoms with Crippen LogP contribution in [-0.4, -0.2) is 35.2 Å². The highest BCUT2D eigenvalue weighted by atomic mass is 32.1. The topological polar surface area (TPSA) is 68.0 Å². The monoisotopic (exact) mass is 213 g/mol. The molecule has 1 atom stereocenters. The number of nitrogens with zero attached hydrogens (tertiary/aromatic N) is 1. The fourth-order valence-corrected chi connectivity index (χ4v) is 1.77. The van der Waals surface area contributed by atoms with E-state index in [1.807, 2.05) is 0 Å². The molecule has 0 aromatic heterocycles. The summed E-state index contributed by atoms with van der Waals surface area (Å²) in [6.07, 6.45) is 2.60. The highest BCUT2D eigenvalue weighted by molar-refractivity contribution is 7.80. The van der Waals surface area contributed by atoms with Gasteiger partial charge in [0.2, 0.25) is 0 Å². The van der Waals surface area contributed by atoms with Crippen LogP contribution >= 0.6 is 12.6 Å². The molecule has 0 radical (unpaired) electrons. The summed E-state index contributed by atoms with van der Waals surface area (Å²) in [6.45, 7) is 0. The Bertz CT molecular complexity index is 277. The second-order valence-corrected chi connectivity index (χ2v) is 3.88. The van der Waals surface area contributed by atoms with Gasteiger partial charge in [-0.05, 0) is 18.6 Å². The molecule has 1 aliphatic rings. The molecule has 5 heteroatoms. The predicted octanol–water partition coefficient (Wildman–Crippen LogP) is 1.17. The lowest BCUT2D eigenvalue weighted by atomic mass is 9.98. The van der Waals surface area contributed by atoms with Crippen LogP contribution in [0.2, 0.25) is 0 Å². The molecule has 1 aliphatic heterocycles. The van der Waals surface area contributed by atoms with Crippen LogP contribution in [0.15, 0.2) is 0 Å². The quantitative estimate of drug-likeness (QED) is 0.476. The van der Waals surface area contributed by atoms with E-state index in [0.717, 1.165) is 18.6 Å². The van der Waals surface area contributed by atoms with Gasteiger partial charge in [-0.15, -0.1) is 0 Å². The molecule has 0 aromatic rings. The van der Waals surface area contributed by atoms with E-state index in [1.54, 1.807) is 7.05 Å². The van der Waals surface area contributed by atoms with Crippen molar-refractivity contribution in [3.8, 4) is 0 Å². The van der Waals surface area contributed by atoms with Gasteiger partial charge in [0.15, 0.2) is 0 Å². The van der Waals surface area contributed by atoms with Gasteiger partial charge in [-0.3, -0.25) is 20.5 Å². The first-order valence-corrected chi connectivity index (χ1v) is 5.28. The summed E-state index contributed by atoms with van der Waals surface area (Å²) in [5.74, 6) is 0.467. The lowest BCUT2D eigenvalue weighted by Crippen LogP contribution is -2.25. The first-order valence-electron chi connectivity index (χ1n) is 4.65. The lowest BCUT2D eigenvalue weighted by Gasteiger charge is -2.10. The summed E-state index contributed by atoms with van der Waals surface area (Å²) in [6, 6.07) is 0. The Morgan fingerprint density at radius 3 is 2.50 bits per heavy atom. The van der Waals surface area contributed by atoms with Gasteiger partial charge in [-0.1, -0.05) is 6.42 Å². The minimum absolute atomic E-state index is 0.0664. The minimum atomic E-state index is -0.328. The number of nitrogens with one attached hydrogen (secondary N) is 2. The fraction of sp³-hybridized carbons (Fsp3) is 0.667.